The highest BCUT2D eigenvalue weighted by Gasteiger charge is 2.17. The molecule has 0 aromatic heterocycles. The summed E-state index contributed by atoms with van der Waals surface area (Å²) < 4.78 is 0. The number of halogens is 3. The molecule has 2 aromatic rings. The van der Waals surface area contributed by atoms with Gasteiger partial charge in [0.15, 0.2) is 0 Å². The second kappa shape index (κ2) is 6.78. The molecular formula is C16H15BrCl2. The first kappa shape index (κ1) is 14.9. The second-order valence-corrected chi connectivity index (χ2v) is 6.56. The minimum atomic E-state index is 0.309. The molecule has 2 aromatic carbocycles. The maximum atomic E-state index is 6.22. The van der Waals surface area contributed by atoms with Gasteiger partial charge >= 0.3 is 0 Å². The van der Waals surface area contributed by atoms with E-state index in [0.717, 1.165) is 22.0 Å². The molecule has 0 radical (unpaired) electrons. The number of alkyl halides is 1. The fraction of sp³-hybridized carbons (Fsp3) is 0.250. The van der Waals surface area contributed by atoms with Gasteiger partial charge in [0.2, 0.25) is 0 Å². The number of benzene rings is 2. The summed E-state index contributed by atoms with van der Waals surface area (Å²) in [5.41, 5.74) is 2.38. The summed E-state index contributed by atoms with van der Waals surface area (Å²) in [6.45, 7) is 2.21. The monoisotopic (exact) mass is 356 g/mol. The highest BCUT2D eigenvalue weighted by Crippen LogP contribution is 2.34. The molecule has 2 rings (SSSR count). The van der Waals surface area contributed by atoms with Gasteiger partial charge in [0.1, 0.15) is 0 Å². The Hall–Kier alpha value is -0.500. The summed E-state index contributed by atoms with van der Waals surface area (Å²) in [5.74, 6) is 0.429. The van der Waals surface area contributed by atoms with E-state index in [4.69, 9.17) is 23.2 Å². The van der Waals surface area contributed by atoms with Crippen molar-refractivity contribution in [3.8, 4) is 0 Å². The summed E-state index contributed by atoms with van der Waals surface area (Å²) in [5, 5.41) is 1.52. The maximum Gasteiger partial charge on any atom is 0.0439 e. The predicted molar refractivity (Wildman–Crippen MR) is 87.4 cm³/mol. The van der Waals surface area contributed by atoms with E-state index >= 15 is 0 Å². The van der Waals surface area contributed by atoms with Gasteiger partial charge in [-0.05, 0) is 41.7 Å². The van der Waals surface area contributed by atoms with Gasteiger partial charge < -0.3 is 0 Å². The molecule has 100 valence electrons. The summed E-state index contributed by atoms with van der Waals surface area (Å²) in [6.07, 6.45) is 0.893. The Kier molecular flexibility index (Phi) is 5.32. The summed E-state index contributed by atoms with van der Waals surface area (Å²) in [7, 11) is 0. The standard InChI is InChI=1S/C16H15BrCl2/c1-11(16(17)12-5-3-2-4-6-12)9-13-10-14(18)7-8-15(13)19/h2-8,10-11,16H,9H2,1H3. The lowest BCUT2D eigenvalue weighted by Gasteiger charge is -2.19. The van der Waals surface area contributed by atoms with Gasteiger partial charge in [-0.15, -0.1) is 0 Å². The van der Waals surface area contributed by atoms with E-state index in [-0.39, 0.29) is 0 Å². The molecule has 0 fully saturated rings. The Bertz CT molecular complexity index is 540. The Morgan fingerprint density at radius 3 is 2.42 bits per heavy atom. The highest BCUT2D eigenvalue weighted by atomic mass is 79.9. The van der Waals surface area contributed by atoms with Crippen LogP contribution in [0.15, 0.2) is 48.5 Å². The average Bonchev–Trinajstić information content (AvgIpc) is 2.43. The van der Waals surface area contributed by atoms with Crippen LogP contribution in [0.25, 0.3) is 0 Å². The molecule has 19 heavy (non-hydrogen) atoms. The topological polar surface area (TPSA) is 0 Å². The van der Waals surface area contributed by atoms with Gasteiger partial charge in [-0.1, -0.05) is 76.4 Å². The van der Waals surface area contributed by atoms with Crippen molar-refractivity contribution in [3.63, 3.8) is 0 Å². The van der Waals surface area contributed by atoms with Crippen LogP contribution in [0, 0.1) is 5.92 Å². The van der Waals surface area contributed by atoms with Gasteiger partial charge in [-0.3, -0.25) is 0 Å². The van der Waals surface area contributed by atoms with E-state index in [1.807, 2.05) is 24.3 Å². The molecule has 0 aliphatic rings. The van der Waals surface area contributed by atoms with Crippen LogP contribution < -0.4 is 0 Å². The van der Waals surface area contributed by atoms with E-state index < -0.39 is 0 Å². The van der Waals surface area contributed by atoms with Crippen molar-refractivity contribution >= 4 is 39.1 Å². The van der Waals surface area contributed by atoms with E-state index in [2.05, 4.69) is 47.1 Å². The predicted octanol–water partition coefficient (Wildman–Crippen LogP) is 6.31. The zero-order chi connectivity index (χ0) is 13.8. The molecule has 0 heterocycles. The van der Waals surface area contributed by atoms with E-state index in [0.29, 0.717) is 10.7 Å². The molecule has 0 saturated heterocycles. The average molecular weight is 358 g/mol. The normalized spacial score (nSPS) is 14.1. The minimum absolute atomic E-state index is 0.309. The quantitative estimate of drug-likeness (QED) is 0.562. The lowest BCUT2D eigenvalue weighted by atomic mass is 9.94. The van der Waals surface area contributed by atoms with Crippen molar-refractivity contribution < 1.29 is 0 Å². The van der Waals surface area contributed by atoms with Crippen LogP contribution in [0.1, 0.15) is 22.9 Å². The zero-order valence-electron chi connectivity index (χ0n) is 10.6. The maximum absolute atomic E-state index is 6.22. The first-order valence-corrected chi connectivity index (χ1v) is 7.88. The first-order chi connectivity index (χ1) is 9.08. The van der Waals surface area contributed by atoms with Crippen LogP contribution in [-0.4, -0.2) is 0 Å². The molecule has 0 nitrogen and oxygen atoms in total. The molecule has 2 atom stereocenters. The van der Waals surface area contributed by atoms with Crippen molar-refractivity contribution in [3.05, 3.63) is 69.7 Å². The summed E-state index contributed by atoms with van der Waals surface area (Å²) >= 11 is 16.0. The lowest BCUT2D eigenvalue weighted by Crippen LogP contribution is -2.07. The molecule has 0 aliphatic heterocycles. The van der Waals surface area contributed by atoms with Crippen LogP contribution in [0.3, 0.4) is 0 Å². The van der Waals surface area contributed by atoms with Crippen molar-refractivity contribution in [2.75, 3.05) is 0 Å². The molecular weight excluding hydrogens is 343 g/mol. The molecule has 0 N–H and O–H groups in total. The van der Waals surface area contributed by atoms with Crippen LogP contribution in [0.2, 0.25) is 10.0 Å². The van der Waals surface area contributed by atoms with Crippen molar-refractivity contribution in [2.45, 2.75) is 18.2 Å². The van der Waals surface area contributed by atoms with Crippen molar-refractivity contribution in [1.82, 2.24) is 0 Å². The molecule has 0 amide bonds. The second-order valence-electron chi connectivity index (χ2n) is 4.73. The third-order valence-corrected chi connectivity index (χ3v) is 5.20. The third kappa shape index (κ3) is 3.98. The van der Waals surface area contributed by atoms with Gasteiger partial charge in [0, 0.05) is 14.9 Å². The smallest absolute Gasteiger partial charge is 0.0439 e. The number of rotatable bonds is 4. The van der Waals surface area contributed by atoms with Gasteiger partial charge in [0.25, 0.3) is 0 Å². The SMILES string of the molecule is CC(Cc1cc(Cl)ccc1Cl)C(Br)c1ccccc1. The number of hydrogen-bond acceptors (Lipinski definition) is 0. The van der Waals surface area contributed by atoms with E-state index in [1.165, 1.54) is 5.56 Å². The molecule has 0 bridgehead atoms. The Labute approximate surface area is 132 Å². The van der Waals surface area contributed by atoms with Crippen LogP contribution >= 0.6 is 39.1 Å². The summed E-state index contributed by atoms with van der Waals surface area (Å²) in [6, 6.07) is 16.0. The van der Waals surface area contributed by atoms with Crippen LogP contribution in [-0.2, 0) is 6.42 Å². The number of hydrogen-bond donors (Lipinski definition) is 0. The largest absolute Gasteiger partial charge is 0.0843 e. The zero-order valence-corrected chi connectivity index (χ0v) is 13.7. The Morgan fingerprint density at radius 1 is 1.05 bits per heavy atom. The fourth-order valence-electron chi connectivity index (χ4n) is 2.12. The third-order valence-electron chi connectivity index (χ3n) is 3.17. The minimum Gasteiger partial charge on any atom is -0.0843 e. The molecule has 3 heteroatoms. The lowest BCUT2D eigenvalue weighted by molar-refractivity contribution is 0.572. The molecule has 2 unspecified atom stereocenters. The summed E-state index contributed by atoms with van der Waals surface area (Å²) in [4.78, 5) is 0.309. The van der Waals surface area contributed by atoms with E-state index in [9.17, 15) is 0 Å². The highest BCUT2D eigenvalue weighted by molar-refractivity contribution is 9.09. The van der Waals surface area contributed by atoms with Crippen molar-refractivity contribution in [1.29, 1.82) is 0 Å². The molecule has 0 saturated carbocycles. The van der Waals surface area contributed by atoms with Crippen LogP contribution in [0.5, 0.6) is 0 Å². The Morgan fingerprint density at radius 2 is 1.74 bits per heavy atom. The van der Waals surface area contributed by atoms with Gasteiger partial charge in [0.05, 0.1) is 0 Å². The van der Waals surface area contributed by atoms with E-state index in [1.54, 1.807) is 0 Å². The molecule has 0 spiro atoms. The first-order valence-electron chi connectivity index (χ1n) is 6.21. The van der Waals surface area contributed by atoms with Gasteiger partial charge in [-0.25, -0.2) is 0 Å². The Balaban J connectivity index is 2.12. The van der Waals surface area contributed by atoms with Gasteiger partial charge in [-0.2, -0.15) is 0 Å². The fourth-order valence-corrected chi connectivity index (χ4v) is 3.00. The molecule has 0 aliphatic carbocycles. The van der Waals surface area contributed by atoms with Crippen LogP contribution in [0.4, 0.5) is 0 Å². The van der Waals surface area contributed by atoms with Crippen molar-refractivity contribution in [2.24, 2.45) is 5.92 Å².